The van der Waals surface area contributed by atoms with Gasteiger partial charge in [-0.1, -0.05) is 24.3 Å². The lowest BCUT2D eigenvalue weighted by atomic mass is 9.81. The number of rotatable bonds is 2. The van der Waals surface area contributed by atoms with Crippen LogP contribution in [-0.2, 0) is 16.0 Å². The summed E-state index contributed by atoms with van der Waals surface area (Å²) in [6.07, 6.45) is 3.20. The molecular weight excluding hydrogens is 266 g/mol. The van der Waals surface area contributed by atoms with Crippen LogP contribution in [0.15, 0.2) is 24.3 Å². The molecule has 3 rings (SSSR count). The van der Waals surface area contributed by atoms with Crippen molar-refractivity contribution < 1.29 is 14.7 Å². The Balaban J connectivity index is 1.79. The molecule has 0 bridgehead atoms. The summed E-state index contributed by atoms with van der Waals surface area (Å²) in [5.74, 6) is -0.781. The van der Waals surface area contributed by atoms with Crippen molar-refractivity contribution in [3.8, 4) is 0 Å². The SMILES string of the molecule is CC1(C(=O)O)CCCN(C(=O)C2CCc3ccccc32)C1. The average Bonchev–Trinajstić information content (AvgIpc) is 2.90. The lowest BCUT2D eigenvalue weighted by molar-refractivity contribution is -0.153. The highest BCUT2D eigenvalue weighted by atomic mass is 16.4. The molecule has 21 heavy (non-hydrogen) atoms. The van der Waals surface area contributed by atoms with Crippen LogP contribution in [0.3, 0.4) is 0 Å². The van der Waals surface area contributed by atoms with E-state index in [0.29, 0.717) is 19.5 Å². The minimum Gasteiger partial charge on any atom is -0.481 e. The predicted octanol–water partition coefficient (Wildman–Crippen LogP) is 2.43. The number of likely N-dealkylation sites (tertiary alicyclic amines) is 1. The van der Waals surface area contributed by atoms with Crippen LogP contribution in [0, 0.1) is 5.41 Å². The first-order valence-electron chi connectivity index (χ1n) is 7.61. The second kappa shape index (κ2) is 5.17. The molecule has 2 atom stereocenters. The minimum absolute atomic E-state index is 0.0858. The van der Waals surface area contributed by atoms with Crippen LogP contribution < -0.4 is 0 Å². The van der Waals surface area contributed by atoms with Crippen LogP contribution in [0.25, 0.3) is 0 Å². The van der Waals surface area contributed by atoms with E-state index < -0.39 is 11.4 Å². The van der Waals surface area contributed by atoms with Crippen LogP contribution >= 0.6 is 0 Å². The monoisotopic (exact) mass is 287 g/mol. The highest BCUT2D eigenvalue weighted by molar-refractivity contribution is 5.86. The Morgan fingerprint density at radius 3 is 2.86 bits per heavy atom. The number of aryl methyl sites for hydroxylation is 1. The maximum Gasteiger partial charge on any atom is 0.311 e. The molecule has 1 aliphatic carbocycles. The van der Waals surface area contributed by atoms with Crippen molar-refractivity contribution in [3.63, 3.8) is 0 Å². The lowest BCUT2D eigenvalue weighted by Crippen LogP contribution is -2.49. The van der Waals surface area contributed by atoms with Crippen LogP contribution in [0.5, 0.6) is 0 Å². The molecule has 1 N–H and O–H groups in total. The first-order chi connectivity index (χ1) is 10.0. The Morgan fingerprint density at radius 1 is 1.33 bits per heavy atom. The van der Waals surface area contributed by atoms with Crippen LogP contribution in [0.4, 0.5) is 0 Å². The Labute approximate surface area is 124 Å². The van der Waals surface area contributed by atoms with Gasteiger partial charge in [0, 0.05) is 13.1 Å². The summed E-state index contributed by atoms with van der Waals surface area (Å²) in [7, 11) is 0. The average molecular weight is 287 g/mol. The number of carbonyl (C=O) groups is 2. The number of hydrogen-bond donors (Lipinski definition) is 1. The number of nitrogens with zero attached hydrogens (tertiary/aromatic N) is 1. The van der Waals surface area contributed by atoms with Crippen molar-refractivity contribution in [3.05, 3.63) is 35.4 Å². The largest absolute Gasteiger partial charge is 0.481 e. The molecule has 2 unspecified atom stereocenters. The van der Waals surface area contributed by atoms with E-state index in [1.807, 2.05) is 18.2 Å². The van der Waals surface area contributed by atoms with Crippen molar-refractivity contribution in [2.45, 2.75) is 38.5 Å². The normalized spacial score (nSPS) is 28.2. The third-order valence-corrected chi connectivity index (χ3v) is 4.96. The van der Waals surface area contributed by atoms with Crippen LogP contribution in [-0.4, -0.2) is 35.0 Å². The summed E-state index contributed by atoms with van der Waals surface area (Å²) in [6.45, 7) is 2.76. The lowest BCUT2D eigenvalue weighted by Gasteiger charge is -2.38. The molecule has 0 aromatic heterocycles. The Bertz CT molecular complexity index is 583. The van der Waals surface area contributed by atoms with Crippen molar-refractivity contribution >= 4 is 11.9 Å². The molecule has 0 saturated carbocycles. The van der Waals surface area contributed by atoms with E-state index in [2.05, 4.69) is 6.07 Å². The third kappa shape index (κ3) is 2.43. The Morgan fingerprint density at radius 2 is 2.10 bits per heavy atom. The van der Waals surface area contributed by atoms with E-state index in [4.69, 9.17) is 0 Å². The van der Waals surface area contributed by atoms with Gasteiger partial charge in [-0.25, -0.2) is 0 Å². The van der Waals surface area contributed by atoms with Crippen molar-refractivity contribution in [2.75, 3.05) is 13.1 Å². The maximum atomic E-state index is 12.8. The molecular formula is C17H21NO3. The van der Waals surface area contributed by atoms with Gasteiger partial charge in [0.25, 0.3) is 0 Å². The maximum absolute atomic E-state index is 12.8. The zero-order valence-electron chi connectivity index (χ0n) is 12.3. The number of hydrogen-bond acceptors (Lipinski definition) is 2. The van der Waals surface area contributed by atoms with E-state index >= 15 is 0 Å². The summed E-state index contributed by atoms with van der Waals surface area (Å²) in [6, 6.07) is 8.10. The highest BCUT2D eigenvalue weighted by Gasteiger charge is 2.41. The summed E-state index contributed by atoms with van der Waals surface area (Å²) < 4.78 is 0. The molecule has 1 amide bonds. The second-order valence-electron chi connectivity index (χ2n) is 6.52. The van der Waals surface area contributed by atoms with Gasteiger partial charge in [-0.15, -0.1) is 0 Å². The molecule has 0 spiro atoms. The van der Waals surface area contributed by atoms with Gasteiger partial charge in [-0.05, 0) is 43.7 Å². The number of benzene rings is 1. The van der Waals surface area contributed by atoms with Crippen molar-refractivity contribution in [1.82, 2.24) is 4.90 Å². The molecule has 1 aliphatic heterocycles. The predicted molar refractivity (Wildman–Crippen MR) is 79.1 cm³/mol. The fourth-order valence-corrected chi connectivity index (χ4v) is 3.64. The molecule has 1 aromatic carbocycles. The van der Waals surface area contributed by atoms with E-state index in [1.165, 1.54) is 5.56 Å². The van der Waals surface area contributed by atoms with Gasteiger partial charge in [0.2, 0.25) is 5.91 Å². The molecule has 0 radical (unpaired) electrons. The van der Waals surface area contributed by atoms with E-state index in [0.717, 1.165) is 24.8 Å². The molecule has 1 saturated heterocycles. The fraction of sp³-hybridized carbons (Fsp3) is 0.529. The molecule has 2 aliphatic rings. The van der Waals surface area contributed by atoms with Gasteiger partial charge >= 0.3 is 5.97 Å². The van der Waals surface area contributed by atoms with E-state index in [9.17, 15) is 14.7 Å². The van der Waals surface area contributed by atoms with Crippen LogP contribution in [0.2, 0.25) is 0 Å². The molecule has 112 valence electrons. The zero-order chi connectivity index (χ0) is 15.0. The number of carbonyl (C=O) groups excluding carboxylic acids is 1. The first-order valence-corrected chi connectivity index (χ1v) is 7.61. The Kier molecular flexibility index (Phi) is 3.47. The van der Waals surface area contributed by atoms with Crippen molar-refractivity contribution in [2.24, 2.45) is 5.41 Å². The van der Waals surface area contributed by atoms with Crippen LogP contribution in [0.1, 0.15) is 43.2 Å². The summed E-state index contributed by atoms with van der Waals surface area (Å²) in [4.78, 5) is 26.0. The number of carboxylic acid groups (broad SMARTS) is 1. The minimum atomic E-state index is -0.800. The van der Waals surface area contributed by atoms with Gasteiger partial charge in [-0.3, -0.25) is 9.59 Å². The van der Waals surface area contributed by atoms with E-state index in [-0.39, 0.29) is 11.8 Å². The number of piperidine rings is 1. The number of fused-ring (bicyclic) bond motifs is 1. The van der Waals surface area contributed by atoms with Gasteiger partial charge in [-0.2, -0.15) is 0 Å². The quantitative estimate of drug-likeness (QED) is 0.909. The number of aliphatic carboxylic acids is 1. The van der Waals surface area contributed by atoms with Gasteiger partial charge in [0.1, 0.15) is 0 Å². The number of amides is 1. The smallest absolute Gasteiger partial charge is 0.311 e. The van der Waals surface area contributed by atoms with Gasteiger partial charge < -0.3 is 10.0 Å². The van der Waals surface area contributed by atoms with Crippen molar-refractivity contribution in [1.29, 1.82) is 0 Å². The Hall–Kier alpha value is -1.84. The third-order valence-electron chi connectivity index (χ3n) is 4.96. The molecule has 4 nitrogen and oxygen atoms in total. The summed E-state index contributed by atoms with van der Waals surface area (Å²) >= 11 is 0. The standard InChI is InChI=1S/C17H21NO3/c1-17(16(20)21)9-4-10-18(11-17)15(19)14-8-7-12-5-2-3-6-13(12)14/h2-3,5-6,14H,4,7-11H2,1H3,(H,20,21). The fourth-order valence-electron chi connectivity index (χ4n) is 3.64. The van der Waals surface area contributed by atoms with Gasteiger partial charge in [0.05, 0.1) is 11.3 Å². The zero-order valence-corrected chi connectivity index (χ0v) is 12.3. The van der Waals surface area contributed by atoms with Gasteiger partial charge in [0.15, 0.2) is 0 Å². The van der Waals surface area contributed by atoms with E-state index in [1.54, 1.807) is 11.8 Å². The molecule has 1 fully saturated rings. The highest BCUT2D eigenvalue weighted by Crippen LogP contribution is 2.37. The summed E-state index contributed by atoms with van der Waals surface area (Å²) in [5.41, 5.74) is 1.59. The first kappa shape index (κ1) is 14.1. The molecule has 4 heteroatoms. The molecule has 1 aromatic rings. The topological polar surface area (TPSA) is 57.6 Å². The second-order valence-corrected chi connectivity index (χ2v) is 6.52. The molecule has 1 heterocycles. The summed E-state index contributed by atoms with van der Waals surface area (Å²) in [5, 5.41) is 9.38. The number of carboxylic acids is 1.